The molecule has 0 heterocycles. The van der Waals surface area contributed by atoms with Crippen LogP contribution in [0.1, 0.15) is 50.5 Å². The SMILES string of the molecule is COc1ccc(/C=N\NC(=O)CC23CC4CC(CC(C4)C2)C3)cc1F. The minimum atomic E-state index is -0.439. The van der Waals surface area contributed by atoms with Crippen LogP contribution in [0.15, 0.2) is 23.3 Å². The average molecular weight is 344 g/mol. The van der Waals surface area contributed by atoms with Crippen molar-refractivity contribution in [1.82, 2.24) is 5.43 Å². The van der Waals surface area contributed by atoms with Crippen LogP contribution < -0.4 is 10.2 Å². The molecule has 0 saturated heterocycles. The number of hydrazone groups is 1. The maximum Gasteiger partial charge on any atom is 0.240 e. The van der Waals surface area contributed by atoms with Crippen LogP contribution >= 0.6 is 0 Å². The van der Waals surface area contributed by atoms with E-state index in [1.807, 2.05) is 0 Å². The first-order valence-electron chi connectivity index (χ1n) is 9.21. The Morgan fingerprint density at radius 1 is 1.28 bits per heavy atom. The number of benzene rings is 1. The molecule has 4 aliphatic carbocycles. The monoisotopic (exact) mass is 344 g/mol. The van der Waals surface area contributed by atoms with Gasteiger partial charge < -0.3 is 4.74 Å². The number of amides is 1. The molecular weight excluding hydrogens is 319 g/mol. The molecule has 5 heteroatoms. The zero-order valence-electron chi connectivity index (χ0n) is 14.6. The third-order valence-electron chi connectivity index (χ3n) is 6.28. The van der Waals surface area contributed by atoms with Crippen molar-refractivity contribution in [2.45, 2.75) is 44.9 Å². The van der Waals surface area contributed by atoms with Crippen LogP contribution in [0.25, 0.3) is 0 Å². The quantitative estimate of drug-likeness (QED) is 0.651. The van der Waals surface area contributed by atoms with Crippen LogP contribution in [0, 0.1) is 29.0 Å². The van der Waals surface area contributed by atoms with Crippen LogP contribution in [-0.4, -0.2) is 19.2 Å². The molecule has 4 nitrogen and oxygen atoms in total. The molecule has 0 unspecified atom stereocenters. The minimum Gasteiger partial charge on any atom is -0.494 e. The summed E-state index contributed by atoms with van der Waals surface area (Å²) >= 11 is 0. The summed E-state index contributed by atoms with van der Waals surface area (Å²) in [4.78, 5) is 12.4. The predicted molar refractivity (Wildman–Crippen MR) is 93.9 cm³/mol. The lowest BCUT2D eigenvalue weighted by Gasteiger charge is -2.56. The van der Waals surface area contributed by atoms with Crippen LogP contribution in [0.2, 0.25) is 0 Å². The van der Waals surface area contributed by atoms with E-state index in [0.717, 1.165) is 17.8 Å². The molecule has 0 aliphatic heterocycles. The van der Waals surface area contributed by atoms with Crippen LogP contribution in [0.3, 0.4) is 0 Å². The first-order valence-corrected chi connectivity index (χ1v) is 9.21. The van der Waals surface area contributed by atoms with Gasteiger partial charge in [0.05, 0.1) is 13.3 Å². The van der Waals surface area contributed by atoms with E-state index >= 15 is 0 Å². The lowest BCUT2D eigenvalue weighted by molar-refractivity contribution is -0.129. The van der Waals surface area contributed by atoms with Crippen molar-refractivity contribution in [3.05, 3.63) is 29.6 Å². The van der Waals surface area contributed by atoms with Gasteiger partial charge in [0, 0.05) is 6.42 Å². The molecule has 1 aromatic rings. The van der Waals surface area contributed by atoms with Crippen LogP contribution in [0.5, 0.6) is 5.75 Å². The smallest absolute Gasteiger partial charge is 0.240 e. The topological polar surface area (TPSA) is 50.7 Å². The van der Waals surface area contributed by atoms with E-state index in [2.05, 4.69) is 10.5 Å². The fraction of sp³-hybridized carbons (Fsp3) is 0.600. The van der Waals surface area contributed by atoms with Crippen molar-refractivity contribution >= 4 is 12.1 Å². The Morgan fingerprint density at radius 3 is 2.48 bits per heavy atom. The van der Waals surface area contributed by atoms with Gasteiger partial charge in [0.25, 0.3) is 0 Å². The summed E-state index contributed by atoms with van der Waals surface area (Å²) in [6.07, 6.45) is 9.80. The summed E-state index contributed by atoms with van der Waals surface area (Å²) in [6, 6.07) is 4.60. The highest BCUT2D eigenvalue weighted by atomic mass is 19.1. The molecule has 0 atom stereocenters. The number of carbonyl (C=O) groups excluding carboxylic acids is 1. The highest BCUT2D eigenvalue weighted by molar-refractivity contribution is 5.82. The number of hydrogen-bond acceptors (Lipinski definition) is 3. The molecule has 4 saturated carbocycles. The predicted octanol–water partition coefficient (Wildman–Crippen LogP) is 3.89. The summed E-state index contributed by atoms with van der Waals surface area (Å²) in [5.74, 6) is 2.25. The van der Waals surface area contributed by atoms with E-state index in [1.165, 1.54) is 57.9 Å². The molecule has 0 radical (unpaired) electrons. The lowest BCUT2D eigenvalue weighted by atomic mass is 9.49. The number of rotatable bonds is 5. The highest BCUT2D eigenvalue weighted by Gasteiger charge is 2.51. The molecular formula is C20H25FN2O2. The van der Waals surface area contributed by atoms with E-state index in [4.69, 9.17) is 4.74 Å². The normalized spacial score (nSPS) is 33.0. The van der Waals surface area contributed by atoms with Gasteiger partial charge in [-0.1, -0.05) is 0 Å². The maximum atomic E-state index is 13.7. The zero-order valence-corrected chi connectivity index (χ0v) is 14.6. The second-order valence-corrected chi connectivity index (χ2v) is 8.28. The number of methoxy groups -OCH3 is 1. The number of hydrogen-bond donors (Lipinski definition) is 1. The number of nitrogens with zero attached hydrogens (tertiary/aromatic N) is 1. The summed E-state index contributed by atoms with van der Waals surface area (Å²) < 4.78 is 18.5. The minimum absolute atomic E-state index is 0.0211. The highest BCUT2D eigenvalue weighted by Crippen LogP contribution is 2.61. The van der Waals surface area contributed by atoms with E-state index < -0.39 is 5.82 Å². The Labute approximate surface area is 147 Å². The summed E-state index contributed by atoms with van der Waals surface area (Å²) in [5, 5.41) is 4.00. The first-order chi connectivity index (χ1) is 12.0. The number of halogens is 1. The summed E-state index contributed by atoms with van der Waals surface area (Å²) in [6.45, 7) is 0. The second kappa shape index (κ2) is 6.43. The molecule has 5 rings (SSSR count). The molecule has 1 aromatic carbocycles. The van der Waals surface area contributed by atoms with Gasteiger partial charge >= 0.3 is 0 Å². The standard InChI is InChI=1S/C20H25FN2O2/c1-25-18-3-2-13(7-17(18)21)12-22-23-19(24)11-20-8-14-4-15(9-20)6-16(5-14)10-20/h2-3,7,12,14-16H,4-6,8-11H2,1H3,(H,23,24)/b22-12-. The molecule has 25 heavy (non-hydrogen) atoms. The molecule has 0 spiro atoms. The van der Waals surface area contributed by atoms with Gasteiger partial charge in [-0.25, -0.2) is 9.82 Å². The van der Waals surface area contributed by atoms with Gasteiger partial charge in [-0.3, -0.25) is 4.79 Å². The van der Waals surface area contributed by atoms with Crippen molar-refractivity contribution in [3.63, 3.8) is 0 Å². The van der Waals surface area contributed by atoms with Crippen LogP contribution in [-0.2, 0) is 4.79 Å². The van der Waals surface area contributed by atoms with Crippen molar-refractivity contribution in [1.29, 1.82) is 0 Å². The Hall–Kier alpha value is -1.91. The van der Waals surface area contributed by atoms with Gasteiger partial charge in [-0.05, 0) is 85.5 Å². The number of ether oxygens (including phenoxy) is 1. The molecule has 134 valence electrons. The van der Waals surface area contributed by atoms with Crippen molar-refractivity contribution < 1.29 is 13.9 Å². The Balaban J connectivity index is 1.34. The molecule has 4 bridgehead atoms. The fourth-order valence-electron chi connectivity index (χ4n) is 5.83. The Bertz CT molecular complexity index is 666. The largest absolute Gasteiger partial charge is 0.494 e. The Morgan fingerprint density at radius 2 is 1.92 bits per heavy atom. The summed E-state index contributed by atoms with van der Waals surface area (Å²) in [5.41, 5.74) is 3.43. The molecule has 1 amide bonds. The van der Waals surface area contributed by atoms with Crippen molar-refractivity contribution in [2.24, 2.45) is 28.3 Å². The van der Waals surface area contributed by atoms with E-state index in [-0.39, 0.29) is 17.1 Å². The lowest BCUT2D eigenvalue weighted by Crippen LogP contribution is -2.47. The summed E-state index contributed by atoms with van der Waals surface area (Å²) in [7, 11) is 1.43. The van der Waals surface area contributed by atoms with Gasteiger partial charge in [0.15, 0.2) is 11.6 Å². The zero-order chi connectivity index (χ0) is 17.4. The van der Waals surface area contributed by atoms with Crippen LogP contribution in [0.4, 0.5) is 4.39 Å². The number of nitrogens with one attached hydrogen (secondary N) is 1. The third-order valence-corrected chi connectivity index (χ3v) is 6.28. The second-order valence-electron chi connectivity index (χ2n) is 8.28. The van der Waals surface area contributed by atoms with Gasteiger partial charge in [0.2, 0.25) is 5.91 Å². The van der Waals surface area contributed by atoms with E-state index in [9.17, 15) is 9.18 Å². The van der Waals surface area contributed by atoms with Crippen molar-refractivity contribution in [3.8, 4) is 5.75 Å². The van der Waals surface area contributed by atoms with Gasteiger partial charge in [-0.2, -0.15) is 5.10 Å². The molecule has 1 N–H and O–H groups in total. The fourth-order valence-corrected chi connectivity index (χ4v) is 5.83. The molecule has 4 fully saturated rings. The van der Waals surface area contributed by atoms with E-state index in [0.29, 0.717) is 12.0 Å². The third kappa shape index (κ3) is 3.42. The first kappa shape index (κ1) is 16.6. The molecule has 4 aliphatic rings. The van der Waals surface area contributed by atoms with E-state index in [1.54, 1.807) is 12.1 Å². The maximum absolute atomic E-state index is 13.7. The molecule has 0 aromatic heterocycles. The van der Waals surface area contributed by atoms with Gasteiger partial charge in [-0.15, -0.1) is 0 Å². The average Bonchev–Trinajstić information content (AvgIpc) is 2.53. The Kier molecular flexibility index (Phi) is 4.26. The number of carbonyl (C=O) groups is 1. The van der Waals surface area contributed by atoms with Crippen molar-refractivity contribution in [2.75, 3.05) is 7.11 Å². The van der Waals surface area contributed by atoms with Gasteiger partial charge in [0.1, 0.15) is 0 Å².